The molecular weight excluding hydrogens is 706 g/mol. The molecule has 5 rings (SSSR count). The Bertz CT molecular complexity index is 1980. The molecule has 1 aliphatic rings. The number of fused-ring (bicyclic) bond motifs is 1. The van der Waals surface area contributed by atoms with Crippen LogP contribution in [0.25, 0.3) is 6.08 Å². The molecule has 4 aromatic rings. The van der Waals surface area contributed by atoms with Crippen LogP contribution in [-0.2, 0) is 16.1 Å². The number of halogens is 3. The second kappa shape index (κ2) is 12.8. The average molecular weight is 728 g/mol. The first kappa shape index (κ1) is 30.0. The molecule has 42 heavy (non-hydrogen) atoms. The average Bonchev–Trinajstić information content (AvgIpc) is 3.26. The lowest BCUT2D eigenvalue weighted by Crippen LogP contribution is -2.40. The summed E-state index contributed by atoms with van der Waals surface area (Å²) in [5, 5.41) is 9.89. The number of allylic oxidation sites excluding steroid dienone is 1. The van der Waals surface area contributed by atoms with Gasteiger partial charge in [-0.05, 0) is 65.7 Å². The van der Waals surface area contributed by atoms with E-state index < -0.39 is 12.0 Å². The highest BCUT2D eigenvalue weighted by atomic mass is 79.9. The SMILES string of the molecule is CCOC(=O)C1=C(C)N=c2s/c(=C\c3cc(Br)cc(Br)c3OCc3ccccc3C#N)c(=O)n2[C@@H]1c1ccccc1Cl. The lowest BCUT2D eigenvalue weighted by atomic mass is 9.96. The van der Waals surface area contributed by atoms with E-state index in [4.69, 9.17) is 21.1 Å². The number of aromatic nitrogens is 1. The van der Waals surface area contributed by atoms with E-state index in [-0.39, 0.29) is 24.3 Å². The third-order valence-electron chi connectivity index (χ3n) is 6.55. The summed E-state index contributed by atoms with van der Waals surface area (Å²) in [4.78, 5) is 32.2. The minimum absolute atomic E-state index is 0.153. The maximum absolute atomic E-state index is 14.1. The van der Waals surface area contributed by atoms with Crippen LogP contribution in [0, 0.1) is 11.3 Å². The van der Waals surface area contributed by atoms with Crippen molar-refractivity contribution in [1.29, 1.82) is 5.26 Å². The van der Waals surface area contributed by atoms with Crippen molar-refractivity contribution in [2.24, 2.45) is 4.99 Å². The van der Waals surface area contributed by atoms with Gasteiger partial charge in [0.25, 0.3) is 5.56 Å². The van der Waals surface area contributed by atoms with Gasteiger partial charge in [0.05, 0.1) is 38.5 Å². The molecule has 0 spiro atoms. The van der Waals surface area contributed by atoms with Crippen LogP contribution in [0.4, 0.5) is 0 Å². The predicted molar refractivity (Wildman–Crippen MR) is 169 cm³/mol. The van der Waals surface area contributed by atoms with Crippen LogP contribution in [-0.4, -0.2) is 17.1 Å². The van der Waals surface area contributed by atoms with Gasteiger partial charge in [0.2, 0.25) is 0 Å². The number of esters is 1. The fraction of sp³-hybridized carbons (Fsp3) is 0.161. The number of benzene rings is 3. The van der Waals surface area contributed by atoms with Crippen molar-refractivity contribution in [3.63, 3.8) is 0 Å². The van der Waals surface area contributed by atoms with Crippen molar-refractivity contribution >= 4 is 66.8 Å². The number of hydrogen-bond donors (Lipinski definition) is 0. The Morgan fingerprint density at radius 1 is 1.19 bits per heavy atom. The van der Waals surface area contributed by atoms with Gasteiger partial charge in [-0.2, -0.15) is 5.26 Å². The molecule has 7 nitrogen and oxygen atoms in total. The van der Waals surface area contributed by atoms with Gasteiger partial charge in [-0.15, -0.1) is 0 Å². The van der Waals surface area contributed by atoms with Crippen LogP contribution in [0.5, 0.6) is 5.75 Å². The summed E-state index contributed by atoms with van der Waals surface area (Å²) >= 11 is 14.9. The van der Waals surface area contributed by atoms with Crippen LogP contribution >= 0.6 is 54.8 Å². The van der Waals surface area contributed by atoms with Gasteiger partial charge < -0.3 is 9.47 Å². The summed E-state index contributed by atoms with van der Waals surface area (Å²) in [6.45, 7) is 3.78. The molecule has 1 aliphatic heterocycles. The molecule has 1 atom stereocenters. The van der Waals surface area contributed by atoms with Gasteiger partial charge in [-0.3, -0.25) is 9.36 Å². The number of rotatable bonds is 7. The van der Waals surface area contributed by atoms with Gasteiger partial charge in [0.15, 0.2) is 4.80 Å². The molecule has 0 saturated heterocycles. The topological polar surface area (TPSA) is 93.7 Å². The summed E-state index contributed by atoms with van der Waals surface area (Å²) < 4.78 is 14.9. The molecule has 0 fully saturated rings. The largest absolute Gasteiger partial charge is 0.487 e. The molecule has 11 heteroatoms. The summed E-state index contributed by atoms with van der Waals surface area (Å²) in [6.07, 6.45) is 1.73. The highest BCUT2D eigenvalue weighted by molar-refractivity contribution is 9.11. The summed E-state index contributed by atoms with van der Waals surface area (Å²) in [6, 6.07) is 19.4. The van der Waals surface area contributed by atoms with Crippen LogP contribution in [0.15, 0.2) is 90.7 Å². The highest BCUT2D eigenvalue weighted by Gasteiger charge is 2.34. The van der Waals surface area contributed by atoms with Crippen molar-refractivity contribution in [2.75, 3.05) is 6.61 Å². The fourth-order valence-corrected chi connectivity index (χ4v) is 7.32. The first-order chi connectivity index (χ1) is 20.2. The lowest BCUT2D eigenvalue weighted by Gasteiger charge is -2.25. The molecule has 1 aromatic heterocycles. The standard InChI is InChI=1S/C31H22Br2ClN3O4S/c1-3-40-30(39)26-17(2)36-31-37(27(26)22-10-6-7-11-24(22)34)29(38)25(42-31)13-20-12-21(32)14-23(33)28(20)41-16-19-9-5-4-8-18(19)15-35/h4-14,27H,3,16H2,1-2H3/b25-13-/t27-/m1/s1. The quantitative estimate of drug-likeness (QED) is 0.205. The Balaban J connectivity index is 1.66. The monoisotopic (exact) mass is 725 g/mol. The zero-order valence-corrected chi connectivity index (χ0v) is 27.1. The zero-order chi connectivity index (χ0) is 30.0. The van der Waals surface area contributed by atoms with Crippen molar-refractivity contribution in [1.82, 2.24) is 4.57 Å². The van der Waals surface area contributed by atoms with Gasteiger partial charge in [-0.25, -0.2) is 9.79 Å². The Morgan fingerprint density at radius 3 is 2.67 bits per heavy atom. The summed E-state index contributed by atoms with van der Waals surface area (Å²) in [5.41, 5.74) is 2.86. The third-order valence-corrected chi connectivity index (χ3v) is 8.92. The number of nitriles is 1. The molecule has 212 valence electrons. The zero-order valence-electron chi connectivity index (χ0n) is 22.4. The maximum Gasteiger partial charge on any atom is 0.338 e. The predicted octanol–water partition coefficient (Wildman–Crippen LogP) is 6.43. The summed E-state index contributed by atoms with van der Waals surface area (Å²) in [7, 11) is 0. The minimum atomic E-state index is -0.816. The smallest absolute Gasteiger partial charge is 0.338 e. The number of thiazole rings is 1. The first-order valence-electron chi connectivity index (χ1n) is 12.8. The van der Waals surface area contributed by atoms with Crippen LogP contribution in [0.1, 0.15) is 42.1 Å². The van der Waals surface area contributed by atoms with Crippen LogP contribution in [0.2, 0.25) is 5.02 Å². The lowest BCUT2D eigenvalue weighted by molar-refractivity contribution is -0.139. The fourth-order valence-electron chi connectivity index (χ4n) is 4.67. The van der Waals surface area contributed by atoms with Crippen molar-refractivity contribution in [2.45, 2.75) is 26.5 Å². The van der Waals surface area contributed by atoms with E-state index in [1.807, 2.05) is 30.3 Å². The van der Waals surface area contributed by atoms with E-state index in [0.717, 1.165) is 10.0 Å². The van der Waals surface area contributed by atoms with E-state index in [2.05, 4.69) is 42.9 Å². The molecule has 0 bridgehead atoms. The van der Waals surface area contributed by atoms with Crippen molar-refractivity contribution in [3.05, 3.63) is 128 Å². The Labute approximate surface area is 267 Å². The maximum atomic E-state index is 14.1. The van der Waals surface area contributed by atoms with Gasteiger partial charge in [-0.1, -0.05) is 75.3 Å². The molecular formula is C31H22Br2ClN3O4S. The van der Waals surface area contributed by atoms with E-state index in [1.54, 1.807) is 50.3 Å². The first-order valence-corrected chi connectivity index (χ1v) is 15.6. The van der Waals surface area contributed by atoms with Crippen molar-refractivity contribution < 1.29 is 14.3 Å². The van der Waals surface area contributed by atoms with E-state index in [1.165, 1.54) is 15.9 Å². The Kier molecular flexibility index (Phi) is 9.13. The van der Waals surface area contributed by atoms with Crippen LogP contribution in [0.3, 0.4) is 0 Å². The molecule has 0 aliphatic carbocycles. The normalized spacial score (nSPS) is 14.7. The second-order valence-corrected chi connectivity index (χ2v) is 12.4. The molecule has 0 amide bonds. The highest BCUT2D eigenvalue weighted by Crippen LogP contribution is 2.36. The van der Waals surface area contributed by atoms with E-state index in [9.17, 15) is 14.9 Å². The molecule has 0 unspecified atom stereocenters. The number of carbonyl (C=O) groups excluding carboxylic acids is 1. The second-order valence-electron chi connectivity index (χ2n) is 9.19. The van der Waals surface area contributed by atoms with Crippen LogP contribution < -0.4 is 19.6 Å². The summed E-state index contributed by atoms with van der Waals surface area (Å²) in [5.74, 6) is -0.0509. The number of nitrogens with zero attached hydrogens (tertiary/aromatic N) is 3. The van der Waals surface area contributed by atoms with E-state index >= 15 is 0 Å². The Hall–Kier alpha value is -3.49. The molecule has 0 N–H and O–H groups in total. The molecule has 0 radical (unpaired) electrons. The van der Waals surface area contributed by atoms with E-state index in [0.29, 0.717) is 47.0 Å². The molecule has 2 heterocycles. The van der Waals surface area contributed by atoms with Gasteiger partial charge in [0.1, 0.15) is 18.4 Å². The van der Waals surface area contributed by atoms with Gasteiger partial charge >= 0.3 is 5.97 Å². The molecule has 0 saturated carbocycles. The number of ether oxygens (including phenoxy) is 2. The van der Waals surface area contributed by atoms with Gasteiger partial charge in [0, 0.05) is 20.6 Å². The number of carbonyl (C=O) groups is 1. The minimum Gasteiger partial charge on any atom is -0.487 e. The number of hydrogen-bond acceptors (Lipinski definition) is 7. The third kappa shape index (κ3) is 5.88. The van der Waals surface area contributed by atoms with Crippen molar-refractivity contribution in [3.8, 4) is 11.8 Å². The Morgan fingerprint density at radius 2 is 1.93 bits per heavy atom. The molecule has 3 aromatic carbocycles.